The van der Waals surface area contributed by atoms with Crippen LogP contribution < -0.4 is 10.3 Å². The van der Waals surface area contributed by atoms with Gasteiger partial charge in [0.1, 0.15) is 11.6 Å². The predicted molar refractivity (Wildman–Crippen MR) is 102 cm³/mol. The van der Waals surface area contributed by atoms with Crippen LogP contribution in [0, 0.1) is 0 Å². The molecule has 2 aromatic carbocycles. The first-order valence-electron chi connectivity index (χ1n) is 8.51. The van der Waals surface area contributed by atoms with Crippen LogP contribution in [-0.2, 0) is 13.0 Å². The van der Waals surface area contributed by atoms with Gasteiger partial charge in [-0.1, -0.05) is 53.8 Å². The third kappa shape index (κ3) is 2.59. The highest BCUT2D eigenvalue weighted by atomic mass is 32.1. The van der Waals surface area contributed by atoms with Gasteiger partial charge in [0, 0.05) is 13.0 Å². The maximum atomic E-state index is 12.5. The molecule has 0 fully saturated rings. The number of ether oxygens (including phenoxy) is 1. The third-order valence-electron chi connectivity index (χ3n) is 4.53. The minimum Gasteiger partial charge on any atom is -0.431 e. The van der Waals surface area contributed by atoms with E-state index in [-0.39, 0.29) is 5.56 Å². The summed E-state index contributed by atoms with van der Waals surface area (Å²) in [5.41, 5.74) is 2.62. The fourth-order valence-electron chi connectivity index (χ4n) is 3.24. The highest BCUT2D eigenvalue weighted by molar-refractivity contribution is 7.19. The molecule has 1 aliphatic heterocycles. The highest BCUT2D eigenvalue weighted by Crippen LogP contribution is 2.31. The number of nitrogens with zero attached hydrogens (tertiary/aromatic N) is 3. The standard InChI is InChI=1S/C20H15N3O2S/c24-19-17-18(21-16-7-4-12-23(16)19)26-20(22-17)25-15-10-8-14(9-11-15)13-5-2-1-3-6-13/h1-3,5-6,8-11H,4,7,12H2. The summed E-state index contributed by atoms with van der Waals surface area (Å²) in [5, 5.41) is 0.446. The summed E-state index contributed by atoms with van der Waals surface area (Å²) >= 11 is 1.32. The van der Waals surface area contributed by atoms with Gasteiger partial charge in [0.05, 0.1) is 0 Å². The number of benzene rings is 2. The molecule has 0 saturated carbocycles. The quantitative estimate of drug-likeness (QED) is 0.547. The monoisotopic (exact) mass is 361 g/mol. The Morgan fingerprint density at radius 2 is 1.73 bits per heavy atom. The molecule has 0 saturated heterocycles. The average Bonchev–Trinajstić information content (AvgIpc) is 3.30. The van der Waals surface area contributed by atoms with E-state index in [1.807, 2.05) is 42.5 Å². The first-order chi connectivity index (χ1) is 12.8. The topological polar surface area (TPSA) is 57.0 Å². The Morgan fingerprint density at radius 3 is 2.54 bits per heavy atom. The van der Waals surface area contributed by atoms with Crippen LogP contribution in [0.5, 0.6) is 10.9 Å². The van der Waals surface area contributed by atoms with Gasteiger partial charge >= 0.3 is 0 Å². The molecule has 0 bridgehead atoms. The SMILES string of the molecule is O=c1c2nc(Oc3ccc(-c4ccccc4)cc3)sc2nc2n1CCC2. The summed E-state index contributed by atoms with van der Waals surface area (Å²) in [6.45, 7) is 0.728. The summed E-state index contributed by atoms with van der Waals surface area (Å²) in [7, 11) is 0. The zero-order valence-corrected chi connectivity index (χ0v) is 14.7. The van der Waals surface area contributed by atoms with E-state index in [2.05, 4.69) is 22.1 Å². The van der Waals surface area contributed by atoms with Gasteiger partial charge in [-0.3, -0.25) is 9.36 Å². The van der Waals surface area contributed by atoms with E-state index in [4.69, 9.17) is 4.74 Å². The summed E-state index contributed by atoms with van der Waals surface area (Å²) < 4.78 is 7.58. The molecule has 0 amide bonds. The molecule has 6 heteroatoms. The summed E-state index contributed by atoms with van der Waals surface area (Å²) in [6.07, 6.45) is 1.82. The molecule has 1 aliphatic rings. The van der Waals surface area contributed by atoms with E-state index < -0.39 is 0 Å². The second kappa shape index (κ2) is 6.07. The van der Waals surface area contributed by atoms with Gasteiger partial charge in [-0.25, -0.2) is 4.98 Å². The summed E-state index contributed by atoms with van der Waals surface area (Å²) in [6, 6.07) is 18.0. The van der Waals surface area contributed by atoms with Crippen LogP contribution >= 0.6 is 11.3 Å². The van der Waals surface area contributed by atoms with Gasteiger partial charge in [0.15, 0.2) is 10.3 Å². The van der Waals surface area contributed by atoms with Crippen LogP contribution in [0.25, 0.3) is 21.5 Å². The lowest BCUT2D eigenvalue weighted by atomic mass is 10.1. The Labute approximate surface area is 153 Å². The van der Waals surface area contributed by atoms with Crippen LogP contribution in [0.2, 0.25) is 0 Å². The van der Waals surface area contributed by atoms with Gasteiger partial charge < -0.3 is 4.74 Å². The van der Waals surface area contributed by atoms with Crippen molar-refractivity contribution < 1.29 is 4.74 Å². The van der Waals surface area contributed by atoms with Gasteiger partial charge in [-0.15, -0.1) is 0 Å². The van der Waals surface area contributed by atoms with Crippen molar-refractivity contribution in [2.24, 2.45) is 0 Å². The summed E-state index contributed by atoms with van der Waals surface area (Å²) in [5.74, 6) is 1.54. The minimum absolute atomic E-state index is 0.0620. The highest BCUT2D eigenvalue weighted by Gasteiger charge is 2.19. The Morgan fingerprint density at radius 1 is 0.962 bits per heavy atom. The van der Waals surface area contributed by atoms with Crippen molar-refractivity contribution in [3.63, 3.8) is 0 Å². The molecule has 2 aromatic heterocycles. The molecular formula is C20H15N3O2S. The lowest BCUT2D eigenvalue weighted by Gasteiger charge is -2.04. The zero-order valence-electron chi connectivity index (χ0n) is 13.9. The Bertz CT molecular complexity index is 1150. The Hall–Kier alpha value is -2.99. The molecule has 0 radical (unpaired) electrons. The minimum atomic E-state index is -0.0620. The number of thiazole rings is 1. The lowest BCUT2D eigenvalue weighted by molar-refractivity contribution is 0.480. The van der Waals surface area contributed by atoms with Crippen LogP contribution in [-0.4, -0.2) is 14.5 Å². The second-order valence-electron chi connectivity index (χ2n) is 6.21. The molecular weight excluding hydrogens is 346 g/mol. The van der Waals surface area contributed by atoms with Crippen molar-refractivity contribution in [1.82, 2.24) is 14.5 Å². The van der Waals surface area contributed by atoms with Crippen molar-refractivity contribution in [1.29, 1.82) is 0 Å². The molecule has 0 aliphatic carbocycles. The van der Waals surface area contributed by atoms with E-state index in [9.17, 15) is 4.79 Å². The van der Waals surface area contributed by atoms with Crippen molar-refractivity contribution >= 4 is 21.7 Å². The predicted octanol–water partition coefficient (Wildman–Crippen LogP) is 4.26. The van der Waals surface area contributed by atoms with E-state index >= 15 is 0 Å². The molecule has 0 atom stereocenters. The third-order valence-corrected chi connectivity index (χ3v) is 5.36. The lowest BCUT2D eigenvalue weighted by Crippen LogP contribution is -2.20. The van der Waals surface area contributed by atoms with Gasteiger partial charge in [-0.2, -0.15) is 4.98 Å². The number of rotatable bonds is 3. The number of aromatic nitrogens is 3. The first kappa shape index (κ1) is 15.3. The molecule has 26 heavy (non-hydrogen) atoms. The molecule has 5 rings (SSSR count). The van der Waals surface area contributed by atoms with Gasteiger partial charge in [-0.05, 0) is 29.7 Å². The van der Waals surface area contributed by atoms with Crippen LogP contribution in [0.3, 0.4) is 0 Å². The largest absolute Gasteiger partial charge is 0.431 e. The van der Waals surface area contributed by atoms with Crippen LogP contribution in [0.4, 0.5) is 0 Å². The number of aryl methyl sites for hydroxylation is 1. The van der Waals surface area contributed by atoms with Crippen molar-refractivity contribution in [2.45, 2.75) is 19.4 Å². The van der Waals surface area contributed by atoms with Crippen molar-refractivity contribution in [3.05, 3.63) is 70.8 Å². The molecule has 0 spiro atoms. The molecule has 128 valence electrons. The van der Waals surface area contributed by atoms with E-state index in [1.165, 1.54) is 11.3 Å². The number of hydrogen-bond donors (Lipinski definition) is 0. The number of fused-ring (bicyclic) bond motifs is 2. The van der Waals surface area contributed by atoms with Crippen molar-refractivity contribution in [2.75, 3.05) is 0 Å². The Balaban J connectivity index is 1.45. The smallest absolute Gasteiger partial charge is 0.281 e. The maximum absolute atomic E-state index is 12.5. The van der Waals surface area contributed by atoms with E-state index in [1.54, 1.807) is 4.57 Å². The fraction of sp³-hybridized carbons (Fsp3) is 0.150. The first-order valence-corrected chi connectivity index (χ1v) is 9.33. The van der Waals surface area contributed by atoms with Gasteiger partial charge in [0.25, 0.3) is 10.8 Å². The molecule has 4 aromatic rings. The maximum Gasteiger partial charge on any atom is 0.281 e. The average molecular weight is 361 g/mol. The molecule has 0 N–H and O–H groups in total. The van der Waals surface area contributed by atoms with Gasteiger partial charge in [0.2, 0.25) is 0 Å². The molecule has 3 heterocycles. The van der Waals surface area contributed by atoms with Crippen LogP contribution in [0.15, 0.2) is 59.4 Å². The normalized spacial score (nSPS) is 13.1. The summed E-state index contributed by atoms with van der Waals surface area (Å²) in [4.78, 5) is 22.1. The van der Waals surface area contributed by atoms with Crippen LogP contribution in [0.1, 0.15) is 12.2 Å². The fourth-order valence-corrected chi connectivity index (χ4v) is 4.06. The zero-order chi connectivity index (χ0) is 17.5. The van der Waals surface area contributed by atoms with E-state index in [0.29, 0.717) is 21.3 Å². The van der Waals surface area contributed by atoms with Crippen molar-refractivity contribution in [3.8, 4) is 22.1 Å². The molecule has 0 unspecified atom stereocenters. The molecule has 5 nitrogen and oxygen atoms in total. The second-order valence-corrected chi connectivity index (χ2v) is 7.15. The van der Waals surface area contributed by atoms with E-state index in [0.717, 1.165) is 36.3 Å². The Kier molecular flexibility index (Phi) is 3.57. The number of hydrogen-bond acceptors (Lipinski definition) is 5.